The summed E-state index contributed by atoms with van der Waals surface area (Å²) in [5, 5.41) is 3.64. The van der Waals surface area contributed by atoms with Gasteiger partial charge in [0.1, 0.15) is 11.5 Å². The predicted molar refractivity (Wildman–Crippen MR) is 113 cm³/mol. The van der Waals surface area contributed by atoms with Crippen LogP contribution in [-0.2, 0) is 9.84 Å². The number of carbonyl (C=O) groups excluding carboxylic acids is 1. The van der Waals surface area contributed by atoms with Crippen molar-refractivity contribution in [2.75, 3.05) is 17.7 Å². The summed E-state index contributed by atoms with van der Waals surface area (Å²) in [6.07, 6.45) is 7.57. The first kappa shape index (κ1) is 22.8. The van der Waals surface area contributed by atoms with Crippen molar-refractivity contribution >= 4 is 21.6 Å². The van der Waals surface area contributed by atoms with Crippen LogP contribution in [-0.4, -0.2) is 43.1 Å². The summed E-state index contributed by atoms with van der Waals surface area (Å²) < 4.78 is 50.4. The molecule has 0 bridgehead atoms. The quantitative estimate of drug-likeness (QED) is 0.727. The molecule has 1 aliphatic heterocycles. The van der Waals surface area contributed by atoms with Gasteiger partial charge in [0.05, 0.1) is 18.4 Å². The van der Waals surface area contributed by atoms with Gasteiger partial charge in [-0.25, -0.2) is 27.2 Å². The van der Waals surface area contributed by atoms with Crippen molar-refractivity contribution in [3.8, 4) is 0 Å². The van der Waals surface area contributed by atoms with Crippen molar-refractivity contribution in [1.82, 2.24) is 15.3 Å². The Hall–Kier alpha value is -2.88. The second kappa shape index (κ2) is 9.51. The van der Waals surface area contributed by atoms with E-state index in [0.29, 0.717) is 18.8 Å². The molecular weight excluding hydrogens is 426 g/mol. The third-order valence-electron chi connectivity index (χ3n) is 4.98. The molecule has 1 aliphatic rings. The highest BCUT2D eigenvalue weighted by atomic mass is 32.2. The van der Waals surface area contributed by atoms with Crippen LogP contribution in [0.4, 0.5) is 14.6 Å². The SMILES string of the molecule is C[C@H](/C=C/S(C)(=O)=O)NC(=O)c1cnc(N2CCCCC2c2cccc(F)c2F)cn1. The summed E-state index contributed by atoms with van der Waals surface area (Å²) in [7, 11) is -3.29. The molecule has 1 unspecified atom stereocenters. The lowest BCUT2D eigenvalue weighted by Gasteiger charge is -2.37. The van der Waals surface area contributed by atoms with E-state index in [4.69, 9.17) is 0 Å². The molecule has 0 saturated carbocycles. The molecule has 1 aromatic heterocycles. The van der Waals surface area contributed by atoms with Crippen LogP contribution >= 0.6 is 0 Å². The second-order valence-corrected chi connectivity index (χ2v) is 9.46. The number of aromatic nitrogens is 2. The minimum Gasteiger partial charge on any atom is -0.348 e. The summed E-state index contributed by atoms with van der Waals surface area (Å²) in [5.41, 5.74) is 0.337. The molecule has 0 aliphatic carbocycles. The van der Waals surface area contributed by atoms with E-state index in [9.17, 15) is 22.0 Å². The van der Waals surface area contributed by atoms with Crippen LogP contribution in [0, 0.1) is 11.6 Å². The van der Waals surface area contributed by atoms with E-state index in [1.54, 1.807) is 13.0 Å². The van der Waals surface area contributed by atoms with Crippen molar-refractivity contribution in [3.05, 3.63) is 65.0 Å². The molecule has 10 heteroatoms. The third kappa shape index (κ3) is 5.84. The second-order valence-electron chi connectivity index (χ2n) is 7.53. The molecule has 1 N–H and O–H groups in total. The lowest BCUT2D eigenvalue weighted by molar-refractivity contribution is 0.0941. The van der Waals surface area contributed by atoms with E-state index >= 15 is 0 Å². The van der Waals surface area contributed by atoms with Crippen LogP contribution in [0.3, 0.4) is 0 Å². The fourth-order valence-electron chi connectivity index (χ4n) is 3.48. The van der Waals surface area contributed by atoms with Crippen LogP contribution in [0.1, 0.15) is 48.3 Å². The van der Waals surface area contributed by atoms with Gasteiger partial charge in [-0.1, -0.05) is 18.2 Å². The van der Waals surface area contributed by atoms with Gasteiger partial charge in [0, 0.05) is 29.8 Å². The maximum atomic E-state index is 14.4. The molecule has 0 spiro atoms. The molecule has 2 aromatic rings. The molecular formula is C21H24F2N4O3S. The van der Waals surface area contributed by atoms with E-state index in [-0.39, 0.29) is 17.3 Å². The Morgan fingerprint density at radius 2 is 2.03 bits per heavy atom. The number of halogens is 2. The average molecular weight is 451 g/mol. The number of hydrogen-bond acceptors (Lipinski definition) is 6. The molecule has 1 aromatic carbocycles. The predicted octanol–water partition coefficient (Wildman–Crippen LogP) is 3.16. The summed E-state index contributed by atoms with van der Waals surface area (Å²) in [5.74, 6) is -1.79. The van der Waals surface area contributed by atoms with Crippen molar-refractivity contribution in [3.63, 3.8) is 0 Å². The fraction of sp³-hybridized carbons (Fsp3) is 0.381. The number of nitrogens with one attached hydrogen (secondary N) is 1. The van der Waals surface area contributed by atoms with Crippen LogP contribution in [0.5, 0.6) is 0 Å². The molecule has 7 nitrogen and oxygen atoms in total. The Bertz CT molecular complexity index is 1070. The largest absolute Gasteiger partial charge is 0.348 e. The van der Waals surface area contributed by atoms with Gasteiger partial charge in [0.25, 0.3) is 5.91 Å². The fourth-order valence-corrected chi connectivity index (χ4v) is 4.00. The van der Waals surface area contributed by atoms with E-state index in [1.165, 1.54) is 24.5 Å². The minimum atomic E-state index is -3.29. The molecule has 31 heavy (non-hydrogen) atoms. The molecule has 1 fully saturated rings. The molecule has 2 heterocycles. The molecule has 1 amide bonds. The smallest absolute Gasteiger partial charge is 0.271 e. The monoisotopic (exact) mass is 450 g/mol. The zero-order valence-corrected chi connectivity index (χ0v) is 18.1. The number of benzene rings is 1. The first-order valence-corrected chi connectivity index (χ1v) is 11.8. The number of carbonyl (C=O) groups is 1. The number of rotatable bonds is 6. The van der Waals surface area contributed by atoms with Crippen LogP contribution in [0.2, 0.25) is 0 Å². The third-order valence-corrected chi connectivity index (χ3v) is 5.63. The van der Waals surface area contributed by atoms with Gasteiger partial charge in [0.2, 0.25) is 0 Å². The van der Waals surface area contributed by atoms with Crippen molar-refractivity contribution in [2.24, 2.45) is 0 Å². The Morgan fingerprint density at radius 1 is 1.26 bits per heavy atom. The van der Waals surface area contributed by atoms with Crippen molar-refractivity contribution in [1.29, 1.82) is 0 Å². The number of amides is 1. The summed E-state index contributed by atoms with van der Waals surface area (Å²) in [6.45, 7) is 2.24. The molecule has 1 saturated heterocycles. The Balaban J connectivity index is 1.75. The van der Waals surface area contributed by atoms with E-state index in [0.717, 1.165) is 30.6 Å². The van der Waals surface area contributed by atoms with Crippen molar-refractivity contribution < 1.29 is 22.0 Å². The Labute approximate surface area is 180 Å². The zero-order chi connectivity index (χ0) is 22.6. The summed E-state index contributed by atoms with van der Waals surface area (Å²) in [4.78, 5) is 22.7. The summed E-state index contributed by atoms with van der Waals surface area (Å²) in [6, 6.07) is 3.25. The normalized spacial score (nSPS) is 18.2. The van der Waals surface area contributed by atoms with Gasteiger partial charge in [-0.2, -0.15) is 0 Å². The highest BCUT2D eigenvalue weighted by Crippen LogP contribution is 2.35. The summed E-state index contributed by atoms with van der Waals surface area (Å²) >= 11 is 0. The van der Waals surface area contributed by atoms with E-state index < -0.39 is 33.4 Å². The van der Waals surface area contributed by atoms with Crippen LogP contribution in [0.15, 0.2) is 42.1 Å². The molecule has 3 rings (SSSR count). The Morgan fingerprint density at radius 3 is 2.71 bits per heavy atom. The molecule has 0 radical (unpaired) electrons. The number of sulfone groups is 1. The lowest BCUT2D eigenvalue weighted by atomic mass is 9.94. The zero-order valence-electron chi connectivity index (χ0n) is 17.3. The highest BCUT2D eigenvalue weighted by molar-refractivity contribution is 7.93. The molecule has 2 atom stereocenters. The van der Waals surface area contributed by atoms with Gasteiger partial charge in [-0.05, 0) is 32.3 Å². The topological polar surface area (TPSA) is 92.3 Å². The number of piperidine rings is 1. The van der Waals surface area contributed by atoms with Crippen LogP contribution in [0.25, 0.3) is 0 Å². The number of anilines is 1. The van der Waals surface area contributed by atoms with Gasteiger partial charge in [-0.3, -0.25) is 4.79 Å². The van der Waals surface area contributed by atoms with E-state index in [2.05, 4.69) is 15.3 Å². The van der Waals surface area contributed by atoms with Gasteiger partial charge < -0.3 is 10.2 Å². The minimum absolute atomic E-state index is 0.0638. The van der Waals surface area contributed by atoms with Gasteiger partial charge >= 0.3 is 0 Å². The number of nitrogens with zero attached hydrogens (tertiary/aromatic N) is 3. The average Bonchev–Trinajstić information content (AvgIpc) is 2.74. The van der Waals surface area contributed by atoms with Crippen LogP contribution < -0.4 is 10.2 Å². The van der Waals surface area contributed by atoms with Gasteiger partial charge in [-0.15, -0.1) is 0 Å². The van der Waals surface area contributed by atoms with E-state index in [1.807, 2.05) is 4.90 Å². The number of hydrogen-bond donors (Lipinski definition) is 1. The Kier molecular flexibility index (Phi) is 6.99. The van der Waals surface area contributed by atoms with Gasteiger partial charge in [0.15, 0.2) is 21.5 Å². The maximum absolute atomic E-state index is 14.4. The van der Waals surface area contributed by atoms with Crippen molar-refractivity contribution in [2.45, 2.75) is 38.3 Å². The molecule has 166 valence electrons. The first-order chi connectivity index (χ1) is 14.7. The standard InChI is InChI=1S/C21H24F2N4O3S/c1-14(9-11-31(2,29)30)26-21(28)17-12-25-19(13-24-17)27-10-4-3-8-18(27)15-6-5-7-16(22)20(15)23/h5-7,9,11-14,18H,3-4,8,10H2,1-2H3,(H,26,28)/b11-9+/t14-,18?/m1/s1. The first-order valence-electron chi connectivity index (χ1n) is 9.87. The lowest BCUT2D eigenvalue weighted by Crippen LogP contribution is -2.35. The maximum Gasteiger partial charge on any atom is 0.271 e. The highest BCUT2D eigenvalue weighted by Gasteiger charge is 2.28.